The van der Waals surface area contributed by atoms with Crippen molar-refractivity contribution < 1.29 is 15.0 Å². The van der Waals surface area contributed by atoms with Crippen LogP contribution < -0.4 is 0 Å². The minimum Gasteiger partial charge on any atom is -0.481 e. The Morgan fingerprint density at radius 3 is 2.43 bits per heavy atom. The summed E-state index contributed by atoms with van der Waals surface area (Å²) < 4.78 is 0. The largest absolute Gasteiger partial charge is 0.481 e. The fourth-order valence-electron chi connectivity index (χ4n) is 8.02. The lowest BCUT2D eigenvalue weighted by Crippen LogP contribution is -2.59. The molecule has 7 atom stereocenters. The van der Waals surface area contributed by atoms with E-state index < -0.39 is 17.0 Å². The maximum Gasteiger partial charge on any atom is 0.309 e. The summed E-state index contributed by atoms with van der Waals surface area (Å²) in [5.41, 5.74) is -0.555. The van der Waals surface area contributed by atoms with Gasteiger partial charge in [0.25, 0.3) is 0 Å². The van der Waals surface area contributed by atoms with Gasteiger partial charge >= 0.3 is 5.97 Å². The van der Waals surface area contributed by atoms with E-state index >= 15 is 0 Å². The number of hydrogen-bond donors (Lipinski definition) is 2. The van der Waals surface area contributed by atoms with E-state index in [9.17, 15) is 15.0 Å². The molecule has 0 aromatic rings. The molecule has 4 fully saturated rings. The van der Waals surface area contributed by atoms with Gasteiger partial charge in [0, 0.05) is 0 Å². The lowest BCUT2D eigenvalue weighted by Gasteiger charge is -2.63. The van der Waals surface area contributed by atoms with Gasteiger partial charge in [-0.15, -0.1) is 0 Å². The molecule has 4 rings (SSSR count). The number of carboxylic acids is 1. The van der Waals surface area contributed by atoms with Crippen LogP contribution in [0.5, 0.6) is 0 Å². The minimum atomic E-state index is -0.587. The van der Waals surface area contributed by atoms with Gasteiger partial charge in [0.15, 0.2) is 0 Å². The van der Waals surface area contributed by atoms with Gasteiger partial charge in [-0.1, -0.05) is 20.3 Å². The highest BCUT2D eigenvalue weighted by atomic mass is 16.4. The van der Waals surface area contributed by atoms with Crippen molar-refractivity contribution in [1.29, 1.82) is 0 Å². The lowest BCUT2D eigenvalue weighted by molar-refractivity contribution is -0.186. The van der Waals surface area contributed by atoms with Crippen LogP contribution in [0.3, 0.4) is 0 Å². The third kappa shape index (κ3) is 1.83. The second kappa shape index (κ2) is 4.53. The number of rotatable bonds is 1. The summed E-state index contributed by atoms with van der Waals surface area (Å²) in [5.74, 6) is 0.732. The van der Waals surface area contributed by atoms with Crippen molar-refractivity contribution >= 4 is 5.97 Å². The van der Waals surface area contributed by atoms with Crippen LogP contribution in [0.15, 0.2) is 0 Å². The number of fused-ring (bicyclic) bond motifs is 3. The summed E-state index contributed by atoms with van der Waals surface area (Å²) in [7, 11) is 0. The number of aliphatic carboxylic acids is 1. The third-order valence-electron chi connectivity index (χ3n) is 9.09. The highest BCUT2D eigenvalue weighted by Gasteiger charge is 2.68. The Bertz CT molecular complexity index is 545. The molecule has 0 saturated heterocycles. The van der Waals surface area contributed by atoms with Crippen molar-refractivity contribution in [2.75, 3.05) is 0 Å². The average Bonchev–Trinajstić information content (AvgIpc) is 2.63. The second-order valence-corrected chi connectivity index (χ2v) is 10.0. The van der Waals surface area contributed by atoms with E-state index in [1.807, 2.05) is 6.92 Å². The van der Waals surface area contributed by atoms with Gasteiger partial charge in [-0.3, -0.25) is 4.79 Å². The van der Waals surface area contributed by atoms with Crippen LogP contribution in [0.4, 0.5) is 0 Å². The molecule has 2 N–H and O–H groups in total. The molecule has 4 aliphatic carbocycles. The molecule has 0 aromatic heterocycles. The molecule has 3 nitrogen and oxygen atoms in total. The van der Waals surface area contributed by atoms with Gasteiger partial charge in [0.05, 0.1) is 11.0 Å². The predicted octanol–water partition coefficient (Wildman–Crippen LogP) is 4.23. The van der Waals surface area contributed by atoms with E-state index in [-0.39, 0.29) is 10.8 Å². The summed E-state index contributed by atoms with van der Waals surface area (Å²) in [6.07, 6.45) is 9.38. The maximum absolute atomic E-state index is 12.1. The van der Waals surface area contributed by atoms with Crippen LogP contribution in [0.2, 0.25) is 0 Å². The summed E-state index contributed by atoms with van der Waals surface area (Å²) in [4.78, 5) is 12.1. The Balaban J connectivity index is 1.74. The van der Waals surface area contributed by atoms with Crippen molar-refractivity contribution in [3.8, 4) is 0 Å². The van der Waals surface area contributed by atoms with Gasteiger partial charge in [0.1, 0.15) is 0 Å². The van der Waals surface area contributed by atoms with Crippen LogP contribution >= 0.6 is 0 Å². The third-order valence-corrected chi connectivity index (χ3v) is 9.09. The molecule has 3 heteroatoms. The molecule has 4 aliphatic rings. The van der Waals surface area contributed by atoms with Crippen molar-refractivity contribution in [2.24, 2.45) is 34.0 Å². The topological polar surface area (TPSA) is 57.5 Å². The van der Waals surface area contributed by atoms with Crippen molar-refractivity contribution in [3.63, 3.8) is 0 Å². The Hall–Kier alpha value is -0.570. The number of carboxylic acid groups (broad SMARTS) is 1. The van der Waals surface area contributed by atoms with Crippen LogP contribution in [0, 0.1) is 34.0 Å². The second-order valence-electron chi connectivity index (χ2n) is 10.0. The molecule has 0 amide bonds. The van der Waals surface area contributed by atoms with E-state index in [0.717, 1.165) is 51.4 Å². The zero-order valence-electron chi connectivity index (χ0n) is 14.9. The Labute approximate surface area is 139 Å². The molecule has 2 bridgehead atoms. The normalized spacial score (nSPS) is 58.3. The van der Waals surface area contributed by atoms with Gasteiger partial charge in [0.2, 0.25) is 0 Å². The molecule has 0 aromatic carbocycles. The molecule has 1 spiro atoms. The Morgan fingerprint density at radius 2 is 1.74 bits per heavy atom. The summed E-state index contributed by atoms with van der Waals surface area (Å²) in [5, 5.41) is 20.9. The van der Waals surface area contributed by atoms with Crippen LogP contribution in [0.1, 0.15) is 78.6 Å². The highest BCUT2D eigenvalue weighted by molar-refractivity contribution is 5.75. The molecule has 0 radical (unpaired) electrons. The molecular weight excluding hydrogens is 288 g/mol. The first-order valence-electron chi connectivity index (χ1n) is 9.62. The first kappa shape index (κ1) is 15.9. The van der Waals surface area contributed by atoms with E-state index in [0.29, 0.717) is 17.8 Å². The molecule has 0 heterocycles. The zero-order chi connectivity index (χ0) is 16.7. The van der Waals surface area contributed by atoms with E-state index in [1.165, 1.54) is 6.42 Å². The van der Waals surface area contributed by atoms with Crippen molar-refractivity contribution in [2.45, 2.75) is 84.2 Å². The van der Waals surface area contributed by atoms with Crippen molar-refractivity contribution in [1.82, 2.24) is 0 Å². The smallest absolute Gasteiger partial charge is 0.309 e. The Kier molecular flexibility index (Phi) is 3.14. The highest BCUT2D eigenvalue weighted by Crippen LogP contribution is 2.72. The van der Waals surface area contributed by atoms with Crippen LogP contribution in [-0.4, -0.2) is 21.8 Å². The summed E-state index contributed by atoms with van der Waals surface area (Å²) >= 11 is 0. The first-order chi connectivity index (χ1) is 10.7. The van der Waals surface area contributed by atoms with E-state index in [1.54, 1.807) is 0 Å². The first-order valence-corrected chi connectivity index (χ1v) is 9.62. The van der Waals surface area contributed by atoms with Gasteiger partial charge < -0.3 is 10.2 Å². The summed E-state index contributed by atoms with van der Waals surface area (Å²) in [6, 6.07) is 0. The molecule has 2 unspecified atom stereocenters. The minimum absolute atomic E-state index is 0.148. The van der Waals surface area contributed by atoms with E-state index in [2.05, 4.69) is 13.8 Å². The van der Waals surface area contributed by atoms with Crippen molar-refractivity contribution in [3.05, 3.63) is 0 Å². The van der Waals surface area contributed by atoms with E-state index in [4.69, 9.17) is 0 Å². The fourth-order valence-corrected chi connectivity index (χ4v) is 8.02. The number of aliphatic hydroxyl groups is 1. The quantitative estimate of drug-likeness (QED) is 0.760. The van der Waals surface area contributed by atoms with Gasteiger partial charge in [-0.25, -0.2) is 0 Å². The SMILES string of the molecule is C[C@H]1C[C@@]23CCC4[C@@](C)(CCC[C@@]4(C)C(=O)O)C2CC[C@]1(O)C3. The number of carbonyl (C=O) groups is 1. The molecule has 4 saturated carbocycles. The lowest BCUT2D eigenvalue weighted by atomic mass is 9.41. The molecule has 130 valence electrons. The monoisotopic (exact) mass is 320 g/mol. The average molecular weight is 320 g/mol. The van der Waals surface area contributed by atoms with Crippen LogP contribution in [0.25, 0.3) is 0 Å². The zero-order valence-corrected chi connectivity index (χ0v) is 14.9. The number of hydrogen-bond acceptors (Lipinski definition) is 2. The summed E-state index contributed by atoms with van der Waals surface area (Å²) in [6.45, 7) is 6.64. The molecule has 23 heavy (non-hydrogen) atoms. The van der Waals surface area contributed by atoms with Gasteiger partial charge in [-0.2, -0.15) is 0 Å². The standard InChI is InChI=1S/C20H32O3/c1-13-11-19-9-5-14-17(2,7-4-8-18(14,3)16(21)22)15(19)6-10-20(13,23)12-19/h13-15,23H,4-12H2,1-3H3,(H,21,22)/t13-,14?,15?,17+,18+,19+,20-/m0/s1. The molecule has 0 aliphatic heterocycles. The fraction of sp³-hybridized carbons (Fsp3) is 0.950. The Morgan fingerprint density at radius 1 is 1.04 bits per heavy atom. The molecular formula is C20H32O3. The maximum atomic E-state index is 12.1. The van der Waals surface area contributed by atoms with Crippen LogP contribution in [-0.2, 0) is 4.79 Å². The predicted molar refractivity (Wildman–Crippen MR) is 88.9 cm³/mol. The van der Waals surface area contributed by atoms with Gasteiger partial charge in [-0.05, 0) is 86.9 Å².